The lowest BCUT2D eigenvalue weighted by Crippen LogP contribution is -2.17. The van der Waals surface area contributed by atoms with Crippen LogP contribution < -0.4 is 0 Å². The summed E-state index contributed by atoms with van der Waals surface area (Å²) in [5, 5.41) is 2.33. The minimum atomic E-state index is -0.107. The second-order valence-electron chi connectivity index (χ2n) is 9.96. The van der Waals surface area contributed by atoms with E-state index in [2.05, 4.69) is 84.0 Å². The molecule has 3 aromatic carbocycles. The molecule has 2 atom stereocenters. The predicted molar refractivity (Wildman–Crippen MR) is 135 cm³/mol. The zero-order chi connectivity index (χ0) is 22.2. The number of rotatable bonds is 1. The molecule has 0 fully saturated rings. The summed E-state index contributed by atoms with van der Waals surface area (Å²) in [6, 6.07) is 21.4. The van der Waals surface area contributed by atoms with Crippen LogP contribution in [0.4, 0.5) is 0 Å². The highest BCUT2D eigenvalue weighted by molar-refractivity contribution is 7.25. The fraction of sp³-hybridized carbons (Fsp3) is 0.308. The van der Waals surface area contributed by atoms with Crippen molar-refractivity contribution < 1.29 is 12.4 Å². The summed E-state index contributed by atoms with van der Waals surface area (Å²) in [6.45, 7) is 13.6. The Kier molecular flexibility index (Phi) is 5.86. The van der Waals surface area contributed by atoms with Gasteiger partial charge in [-0.3, -0.25) is 0 Å². The van der Waals surface area contributed by atoms with E-state index in [0.29, 0.717) is 0 Å². The highest BCUT2D eigenvalue weighted by Crippen LogP contribution is 2.39. The summed E-state index contributed by atoms with van der Waals surface area (Å²) in [7, 11) is -0.192. The Bertz CT molecular complexity index is 1290. The van der Waals surface area contributed by atoms with E-state index in [0.717, 1.165) is 16.6 Å². The summed E-state index contributed by atoms with van der Waals surface area (Å²) in [4.78, 5) is 0. The first-order valence-corrected chi connectivity index (χ1v) is 12.2. The average molecular weight is 452 g/mol. The molecule has 0 spiro atoms. The van der Waals surface area contributed by atoms with Gasteiger partial charge in [0, 0.05) is 0 Å². The monoisotopic (exact) mass is 452 g/mol. The van der Waals surface area contributed by atoms with Crippen LogP contribution in [0.5, 0.6) is 0 Å². The highest BCUT2D eigenvalue weighted by atomic mass is 31.1. The van der Waals surface area contributed by atoms with Crippen molar-refractivity contribution in [3.8, 4) is 11.1 Å². The van der Waals surface area contributed by atoms with Gasteiger partial charge in [0.05, 0.1) is 0 Å². The zero-order valence-corrected chi connectivity index (χ0v) is 21.0. The molecule has 0 aliphatic rings. The SMILES string of the molecule is CC(C)(C)c1ccc(-c2cc3ccc2c2ccc(cc2)o[pH]o[pH]o3)c(C(C)(C)C)c1. The van der Waals surface area contributed by atoms with E-state index in [1.165, 1.54) is 27.6 Å². The van der Waals surface area contributed by atoms with Gasteiger partial charge in [0.15, 0.2) is 0 Å². The first kappa shape index (κ1) is 21.9. The zero-order valence-electron chi connectivity index (χ0n) is 19.0. The molecule has 6 aromatic rings. The van der Waals surface area contributed by atoms with Crippen LogP contribution in [0.3, 0.4) is 0 Å². The van der Waals surface area contributed by atoms with Crippen molar-refractivity contribution >= 4 is 39.3 Å². The number of benzene rings is 3. The average Bonchev–Trinajstić information content (AvgIpc) is 2.76. The van der Waals surface area contributed by atoms with Crippen molar-refractivity contribution in [1.29, 1.82) is 0 Å². The smallest absolute Gasteiger partial charge is 0.207 e. The van der Waals surface area contributed by atoms with Crippen LogP contribution in [0.1, 0.15) is 52.7 Å². The molecule has 162 valence electrons. The second kappa shape index (κ2) is 8.30. The summed E-state index contributed by atoms with van der Waals surface area (Å²) in [5.74, 6) is 0. The molecule has 0 radical (unpaired) electrons. The molecule has 5 heteroatoms. The van der Waals surface area contributed by atoms with Crippen LogP contribution in [-0.2, 0) is 10.8 Å². The van der Waals surface area contributed by atoms with Crippen LogP contribution in [-0.4, -0.2) is 0 Å². The second-order valence-corrected chi connectivity index (χ2v) is 11.5. The van der Waals surface area contributed by atoms with Crippen LogP contribution in [0, 0.1) is 0 Å². The van der Waals surface area contributed by atoms with E-state index in [1.54, 1.807) is 0 Å². The lowest BCUT2D eigenvalue weighted by atomic mass is 9.77. The van der Waals surface area contributed by atoms with E-state index in [1.807, 2.05) is 18.2 Å². The Morgan fingerprint density at radius 1 is 0.613 bits per heavy atom. The molecule has 3 nitrogen and oxygen atoms in total. The van der Waals surface area contributed by atoms with E-state index >= 15 is 0 Å². The summed E-state index contributed by atoms with van der Waals surface area (Å²) in [5.41, 5.74) is 6.78. The number of fused-ring (bicyclic) bond motifs is 2. The van der Waals surface area contributed by atoms with E-state index < -0.39 is 0 Å². The van der Waals surface area contributed by atoms with Gasteiger partial charge in [-0.05, 0) is 68.1 Å². The molecule has 31 heavy (non-hydrogen) atoms. The van der Waals surface area contributed by atoms with Gasteiger partial charge in [-0.2, -0.15) is 0 Å². The molecular formula is C26H30O3P2. The quantitative estimate of drug-likeness (QED) is 0.289. The Hall–Kier alpha value is -2.34. The van der Waals surface area contributed by atoms with Crippen LogP contribution in [0.15, 0.2) is 73.0 Å². The lowest BCUT2D eigenvalue weighted by molar-refractivity contribution is 0.570. The van der Waals surface area contributed by atoms with Gasteiger partial charge >= 0.3 is 0 Å². The Labute approximate surface area is 187 Å². The van der Waals surface area contributed by atoms with Crippen molar-refractivity contribution in [3.05, 3.63) is 71.8 Å². The molecule has 2 unspecified atom stereocenters. The third-order valence-electron chi connectivity index (χ3n) is 5.54. The van der Waals surface area contributed by atoms with Crippen LogP contribution in [0.2, 0.25) is 0 Å². The van der Waals surface area contributed by atoms with Crippen molar-refractivity contribution in [2.24, 2.45) is 0 Å². The van der Waals surface area contributed by atoms with Gasteiger partial charge in [0.25, 0.3) is 0 Å². The molecular weight excluding hydrogens is 422 g/mol. The predicted octanol–water partition coefficient (Wildman–Crippen LogP) is 9.35. The first-order chi connectivity index (χ1) is 14.6. The van der Waals surface area contributed by atoms with Crippen molar-refractivity contribution in [1.82, 2.24) is 0 Å². The van der Waals surface area contributed by atoms with Crippen molar-refractivity contribution in [3.63, 3.8) is 0 Å². The van der Waals surface area contributed by atoms with Gasteiger partial charge in [0.2, 0.25) is 17.3 Å². The molecule has 6 rings (SSSR count). The molecule has 0 aliphatic carbocycles. The normalized spacial score (nSPS) is 12.7. The fourth-order valence-corrected chi connectivity index (χ4v) is 4.71. The summed E-state index contributed by atoms with van der Waals surface area (Å²) < 4.78 is 17.1. The van der Waals surface area contributed by atoms with Crippen molar-refractivity contribution in [2.45, 2.75) is 52.4 Å². The van der Waals surface area contributed by atoms with Crippen LogP contribution in [0.25, 0.3) is 33.1 Å². The molecule has 0 amide bonds. The first-order valence-electron chi connectivity index (χ1n) is 10.5. The van der Waals surface area contributed by atoms with E-state index in [9.17, 15) is 0 Å². The molecule has 3 aromatic heterocycles. The van der Waals surface area contributed by atoms with Gasteiger partial charge in [-0.1, -0.05) is 77.9 Å². The molecule has 0 aliphatic heterocycles. The molecule has 4 bridgehead atoms. The number of hydrogen-bond acceptors (Lipinski definition) is 3. The van der Waals surface area contributed by atoms with Crippen LogP contribution >= 0.6 is 17.3 Å². The standard InChI is InChI=1S/C26H30O3P2/c1-25(2,3)18-9-13-22(24(15-18)26(4,5)6)23-16-20-12-14-21(23)17-7-10-19(11-8-17)27-30-29-31-28-20/h7-16,30-31H,1-6H3. The largest absolute Gasteiger partial charge is 0.422 e. The third-order valence-corrected chi connectivity index (χ3v) is 6.85. The van der Waals surface area contributed by atoms with E-state index in [-0.39, 0.29) is 28.2 Å². The Morgan fingerprint density at radius 3 is 1.90 bits per heavy atom. The summed E-state index contributed by atoms with van der Waals surface area (Å²) >= 11 is 0. The van der Waals surface area contributed by atoms with Gasteiger partial charge < -0.3 is 12.4 Å². The molecule has 0 saturated heterocycles. The maximum Gasteiger partial charge on any atom is 0.207 e. The minimum Gasteiger partial charge on any atom is -0.422 e. The highest BCUT2D eigenvalue weighted by Gasteiger charge is 2.23. The third kappa shape index (κ3) is 4.79. The minimum absolute atomic E-state index is 0.00266. The van der Waals surface area contributed by atoms with E-state index in [4.69, 9.17) is 12.4 Å². The topological polar surface area (TPSA) is 39.4 Å². The summed E-state index contributed by atoms with van der Waals surface area (Å²) in [6.07, 6.45) is 0. The lowest BCUT2D eigenvalue weighted by Gasteiger charge is -2.28. The Morgan fingerprint density at radius 2 is 1.26 bits per heavy atom. The van der Waals surface area contributed by atoms with Gasteiger partial charge in [0.1, 0.15) is 11.2 Å². The number of hydrogen-bond donors (Lipinski definition) is 0. The fourth-order valence-electron chi connectivity index (χ4n) is 3.78. The molecule has 0 N–H and O–H groups in total. The Balaban J connectivity index is 2.12. The van der Waals surface area contributed by atoms with Gasteiger partial charge in [-0.15, -0.1) is 0 Å². The maximum atomic E-state index is 5.90. The molecule has 0 saturated carbocycles. The van der Waals surface area contributed by atoms with Crippen molar-refractivity contribution in [2.75, 3.05) is 0 Å². The van der Waals surface area contributed by atoms with Gasteiger partial charge in [-0.25, -0.2) is 0 Å². The molecule has 3 heterocycles. The maximum absolute atomic E-state index is 5.90.